The van der Waals surface area contributed by atoms with Crippen molar-refractivity contribution in [1.82, 2.24) is 10.3 Å². The van der Waals surface area contributed by atoms with E-state index in [2.05, 4.69) is 10.3 Å². The number of primary amides is 1. The maximum absolute atomic E-state index is 11.4. The van der Waals surface area contributed by atoms with E-state index in [-0.39, 0.29) is 17.4 Å². The predicted octanol–water partition coefficient (Wildman–Crippen LogP) is -0.689. The largest absolute Gasteiger partial charge is 0.381 e. The molecule has 0 bridgehead atoms. The zero-order valence-corrected chi connectivity index (χ0v) is 8.94. The number of hydrogen-bond acceptors (Lipinski definition) is 4. The molecule has 0 aromatic carbocycles. The van der Waals surface area contributed by atoms with Gasteiger partial charge in [-0.1, -0.05) is 17.7 Å². The van der Waals surface area contributed by atoms with Crippen LogP contribution < -0.4 is 11.1 Å². The highest BCUT2D eigenvalue weighted by Crippen LogP contribution is 2.04. The number of carbonyl (C=O) groups excluding carboxylic acids is 2. The van der Waals surface area contributed by atoms with Gasteiger partial charge in [0, 0.05) is 0 Å². The molecule has 1 rings (SSSR count). The normalized spacial score (nSPS) is 11.9. The van der Waals surface area contributed by atoms with Gasteiger partial charge in [0.05, 0.1) is 6.54 Å². The van der Waals surface area contributed by atoms with Crippen LogP contribution in [0.15, 0.2) is 18.2 Å². The molecule has 86 valence electrons. The summed E-state index contributed by atoms with van der Waals surface area (Å²) in [4.78, 5) is 25.7. The SMILES string of the molecule is NC(=O)C(O)CNC(=O)c1cccc(Cl)n1. The molecular weight excluding hydrogens is 234 g/mol. The Bertz CT molecular complexity index is 411. The highest BCUT2D eigenvalue weighted by atomic mass is 35.5. The van der Waals surface area contributed by atoms with Crippen LogP contribution in [0.4, 0.5) is 0 Å². The molecule has 0 saturated heterocycles. The summed E-state index contributed by atoms with van der Waals surface area (Å²) in [5, 5.41) is 11.5. The molecule has 7 heteroatoms. The Balaban J connectivity index is 2.56. The number of amides is 2. The Hall–Kier alpha value is -1.66. The van der Waals surface area contributed by atoms with Gasteiger partial charge < -0.3 is 16.2 Å². The molecule has 0 aliphatic carbocycles. The Kier molecular flexibility index (Phi) is 4.21. The fourth-order valence-electron chi connectivity index (χ4n) is 0.915. The van der Waals surface area contributed by atoms with Gasteiger partial charge in [-0.25, -0.2) is 4.98 Å². The lowest BCUT2D eigenvalue weighted by atomic mass is 10.3. The number of nitrogens with two attached hydrogens (primary N) is 1. The lowest BCUT2D eigenvalue weighted by molar-refractivity contribution is -0.125. The zero-order valence-electron chi connectivity index (χ0n) is 8.18. The van der Waals surface area contributed by atoms with E-state index in [1.807, 2.05) is 0 Å². The van der Waals surface area contributed by atoms with Gasteiger partial charge >= 0.3 is 0 Å². The molecule has 2 amide bonds. The van der Waals surface area contributed by atoms with Crippen molar-refractivity contribution in [2.75, 3.05) is 6.54 Å². The summed E-state index contributed by atoms with van der Waals surface area (Å²) < 4.78 is 0. The number of hydrogen-bond donors (Lipinski definition) is 3. The Morgan fingerprint density at radius 3 is 2.81 bits per heavy atom. The second kappa shape index (κ2) is 5.43. The molecular formula is C9H10ClN3O3. The lowest BCUT2D eigenvalue weighted by Crippen LogP contribution is -2.40. The minimum Gasteiger partial charge on any atom is -0.381 e. The highest BCUT2D eigenvalue weighted by molar-refractivity contribution is 6.29. The van der Waals surface area contributed by atoms with Crippen molar-refractivity contribution in [3.05, 3.63) is 29.0 Å². The third-order valence-electron chi connectivity index (χ3n) is 1.73. The number of pyridine rings is 1. The van der Waals surface area contributed by atoms with Crippen LogP contribution in [-0.2, 0) is 4.79 Å². The van der Waals surface area contributed by atoms with Gasteiger partial charge in [0.25, 0.3) is 5.91 Å². The number of nitrogens with one attached hydrogen (secondary N) is 1. The van der Waals surface area contributed by atoms with Crippen LogP contribution in [0.25, 0.3) is 0 Å². The van der Waals surface area contributed by atoms with E-state index in [9.17, 15) is 9.59 Å². The summed E-state index contributed by atoms with van der Waals surface area (Å²) in [5.74, 6) is -1.44. The van der Waals surface area contributed by atoms with E-state index < -0.39 is 17.9 Å². The van der Waals surface area contributed by atoms with E-state index in [4.69, 9.17) is 22.4 Å². The van der Waals surface area contributed by atoms with Gasteiger partial charge in [-0.15, -0.1) is 0 Å². The molecule has 0 aliphatic rings. The number of carbonyl (C=O) groups is 2. The summed E-state index contributed by atoms with van der Waals surface area (Å²) in [6.07, 6.45) is -1.41. The van der Waals surface area contributed by atoms with E-state index in [1.165, 1.54) is 12.1 Å². The molecule has 1 atom stereocenters. The molecule has 0 spiro atoms. The van der Waals surface area contributed by atoms with Crippen LogP contribution >= 0.6 is 11.6 Å². The standard InChI is InChI=1S/C9H10ClN3O3/c10-7-3-1-2-5(13-7)9(16)12-4-6(14)8(11)15/h1-3,6,14H,4H2,(H2,11,15)(H,12,16). The minimum absolute atomic E-state index is 0.101. The van der Waals surface area contributed by atoms with E-state index in [0.29, 0.717) is 0 Å². The fraction of sp³-hybridized carbons (Fsp3) is 0.222. The molecule has 0 fully saturated rings. The molecule has 4 N–H and O–H groups in total. The van der Waals surface area contributed by atoms with Crippen LogP contribution in [0.1, 0.15) is 10.5 Å². The van der Waals surface area contributed by atoms with Gasteiger partial charge in [-0.3, -0.25) is 9.59 Å². The summed E-state index contributed by atoms with van der Waals surface area (Å²) >= 11 is 5.59. The molecule has 1 heterocycles. The molecule has 0 radical (unpaired) electrons. The number of aliphatic hydroxyl groups excluding tert-OH is 1. The van der Waals surface area contributed by atoms with Crippen molar-refractivity contribution in [3.8, 4) is 0 Å². The molecule has 1 unspecified atom stereocenters. The van der Waals surface area contributed by atoms with Crippen molar-refractivity contribution in [2.45, 2.75) is 6.10 Å². The van der Waals surface area contributed by atoms with E-state index in [0.717, 1.165) is 0 Å². The smallest absolute Gasteiger partial charge is 0.270 e. The fourth-order valence-corrected chi connectivity index (χ4v) is 1.08. The number of nitrogens with zero attached hydrogens (tertiary/aromatic N) is 1. The van der Waals surface area contributed by atoms with Crippen LogP contribution in [-0.4, -0.2) is 34.6 Å². The van der Waals surface area contributed by atoms with Crippen molar-refractivity contribution >= 4 is 23.4 Å². The lowest BCUT2D eigenvalue weighted by Gasteiger charge is -2.07. The van der Waals surface area contributed by atoms with Crippen molar-refractivity contribution in [3.63, 3.8) is 0 Å². The third kappa shape index (κ3) is 3.48. The topological polar surface area (TPSA) is 105 Å². The highest BCUT2D eigenvalue weighted by Gasteiger charge is 2.13. The zero-order chi connectivity index (χ0) is 12.1. The number of aliphatic hydroxyl groups is 1. The molecule has 0 aliphatic heterocycles. The summed E-state index contributed by atoms with van der Waals surface area (Å²) in [7, 11) is 0. The maximum Gasteiger partial charge on any atom is 0.270 e. The predicted molar refractivity (Wildman–Crippen MR) is 56.8 cm³/mol. The van der Waals surface area contributed by atoms with Crippen molar-refractivity contribution in [1.29, 1.82) is 0 Å². The third-order valence-corrected chi connectivity index (χ3v) is 1.94. The van der Waals surface area contributed by atoms with Crippen molar-refractivity contribution < 1.29 is 14.7 Å². The summed E-state index contributed by atoms with van der Waals surface area (Å²) in [6, 6.07) is 4.54. The van der Waals surface area contributed by atoms with Crippen molar-refractivity contribution in [2.24, 2.45) is 5.73 Å². The Morgan fingerprint density at radius 2 is 2.25 bits per heavy atom. The first-order valence-corrected chi connectivity index (χ1v) is 4.76. The number of aromatic nitrogens is 1. The number of halogens is 1. The second-order valence-electron chi connectivity index (χ2n) is 2.97. The van der Waals surface area contributed by atoms with Crippen LogP contribution in [0.5, 0.6) is 0 Å². The van der Waals surface area contributed by atoms with Gasteiger partial charge in [0.15, 0.2) is 0 Å². The first-order chi connectivity index (χ1) is 7.50. The minimum atomic E-state index is -1.41. The molecule has 6 nitrogen and oxygen atoms in total. The quantitative estimate of drug-likeness (QED) is 0.609. The molecule has 16 heavy (non-hydrogen) atoms. The Morgan fingerprint density at radius 1 is 1.56 bits per heavy atom. The van der Waals surface area contributed by atoms with Gasteiger partial charge in [-0.05, 0) is 12.1 Å². The van der Waals surface area contributed by atoms with Crippen LogP contribution in [0.2, 0.25) is 5.15 Å². The van der Waals surface area contributed by atoms with Gasteiger partial charge in [-0.2, -0.15) is 0 Å². The van der Waals surface area contributed by atoms with Crippen LogP contribution in [0, 0.1) is 0 Å². The first kappa shape index (κ1) is 12.4. The average Bonchev–Trinajstić information content (AvgIpc) is 2.25. The summed E-state index contributed by atoms with van der Waals surface area (Å²) in [5.41, 5.74) is 4.91. The average molecular weight is 244 g/mol. The Labute approximate surface area is 96.4 Å². The maximum atomic E-state index is 11.4. The molecule has 0 saturated carbocycles. The second-order valence-corrected chi connectivity index (χ2v) is 3.36. The number of rotatable bonds is 4. The molecule has 1 aromatic rings. The first-order valence-electron chi connectivity index (χ1n) is 4.39. The van der Waals surface area contributed by atoms with Gasteiger partial charge in [0.2, 0.25) is 5.91 Å². The summed E-state index contributed by atoms with van der Waals surface area (Å²) in [6.45, 7) is -0.262. The van der Waals surface area contributed by atoms with Crippen LogP contribution in [0.3, 0.4) is 0 Å². The van der Waals surface area contributed by atoms with E-state index in [1.54, 1.807) is 6.07 Å². The van der Waals surface area contributed by atoms with E-state index >= 15 is 0 Å². The monoisotopic (exact) mass is 243 g/mol. The molecule has 1 aromatic heterocycles. The van der Waals surface area contributed by atoms with Gasteiger partial charge in [0.1, 0.15) is 17.0 Å².